The average Bonchev–Trinajstić information content (AvgIpc) is 2.16. The van der Waals surface area contributed by atoms with Gasteiger partial charge in [-0.3, -0.25) is 4.79 Å². The second-order valence-corrected chi connectivity index (χ2v) is 5.19. The number of piperidine rings is 1. The normalized spacial score (nSPS) is 25.8. The van der Waals surface area contributed by atoms with Crippen molar-refractivity contribution in [3.8, 4) is 0 Å². The minimum Gasteiger partial charge on any atom is -0.341 e. The first-order valence-corrected chi connectivity index (χ1v) is 5.99. The lowest BCUT2D eigenvalue weighted by Gasteiger charge is -2.33. The van der Waals surface area contributed by atoms with E-state index in [1.54, 1.807) is 0 Å². The van der Waals surface area contributed by atoms with Crippen LogP contribution in [-0.4, -0.2) is 28.7 Å². The molecule has 1 rings (SSSR count). The Morgan fingerprint density at radius 2 is 2.38 bits per heavy atom. The molecule has 0 radical (unpaired) electrons. The molecule has 2 nitrogen and oxygen atoms in total. The van der Waals surface area contributed by atoms with E-state index in [2.05, 4.69) is 22.9 Å². The van der Waals surface area contributed by atoms with Crippen molar-refractivity contribution in [1.29, 1.82) is 0 Å². The Labute approximate surface area is 88.8 Å². The zero-order valence-corrected chi connectivity index (χ0v) is 10.0. The van der Waals surface area contributed by atoms with E-state index in [0.717, 1.165) is 19.0 Å². The van der Waals surface area contributed by atoms with Gasteiger partial charge in [-0.05, 0) is 25.7 Å². The fraction of sp³-hybridized carbons (Fsp3) is 0.900. The second kappa shape index (κ2) is 4.99. The number of likely N-dealkylation sites (tertiary alicyclic amines) is 1. The van der Waals surface area contributed by atoms with Gasteiger partial charge in [0.25, 0.3) is 0 Å². The van der Waals surface area contributed by atoms with E-state index >= 15 is 0 Å². The number of carbonyl (C=O) groups is 1. The fourth-order valence-electron chi connectivity index (χ4n) is 1.85. The van der Waals surface area contributed by atoms with Crippen LogP contribution >= 0.6 is 15.9 Å². The third kappa shape index (κ3) is 2.97. The summed E-state index contributed by atoms with van der Waals surface area (Å²) in [6.45, 7) is 6.02. The van der Waals surface area contributed by atoms with E-state index in [1.807, 2.05) is 11.8 Å². The standard InChI is InChI=1S/C10H18BrNO/c1-3-9-5-4-6-12(7-9)10(13)8(2)11/h8-9H,3-7H2,1-2H3. The SMILES string of the molecule is CCC1CCCN(C(=O)C(C)Br)C1. The summed E-state index contributed by atoms with van der Waals surface area (Å²) in [6, 6.07) is 0. The molecule has 3 heteroatoms. The predicted molar refractivity (Wildman–Crippen MR) is 58.0 cm³/mol. The molecular formula is C10H18BrNO. The van der Waals surface area contributed by atoms with Gasteiger partial charge < -0.3 is 4.90 Å². The van der Waals surface area contributed by atoms with E-state index in [1.165, 1.54) is 19.3 Å². The van der Waals surface area contributed by atoms with Crippen LogP contribution in [0.1, 0.15) is 33.1 Å². The van der Waals surface area contributed by atoms with Gasteiger partial charge in [0.05, 0.1) is 4.83 Å². The van der Waals surface area contributed by atoms with Crippen molar-refractivity contribution in [2.24, 2.45) is 5.92 Å². The summed E-state index contributed by atoms with van der Waals surface area (Å²) in [5.74, 6) is 0.974. The molecule has 0 N–H and O–H groups in total. The lowest BCUT2D eigenvalue weighted by molar-refractivity contribution is -0.131. The van der Waals surface area contributed by atoms with Crippen molar-refractivity contribution < 1.29 is 4.79 Å². The van der Waals surface area contributed by atoms with E-state index in [0.29, 0.717) is 0 Å². The second-order valence-electron chi connectivity index (χ2n) is 3.82. The van der Waals surface area contributed by atoms with Gasteiger partial charge >= 0.3 is 0 Å². The van der Waals surface area contributed by atoms with Crippen molar-refractivity contribution in [1.82, 2.24) is 4.90 Å². The predicted octanol–water partition coefficient (Wildman–Crippen LogP) is 2.42. The van der Waals surface area contributed by atoms with Crippen LogP contribution < -0.4 is 0 Å². The molecule has 1 aliphatic rings. The Hall–Kier alpha value is -0.0500. The molecule has 13 heavy (non-hydrogen) atoms. The number of carbonyl (C=O) groups excluding carboxylic acids is 1. The van der Waals surface area contributed by atoms with Gasteiger partial charge in [0.1, 0.15) is 0 Å². The number of nitrogens with zero attached hydrogens (tertiary/aromatic N) is 1. The van der Waals surface area contributed by atoms with Gasteiger partial charge in [-0.1, -0.05) is 29.3 Å². The van der Waals surface area contributed by atoms with Crippen LogP contribution in [0.5, 0.6) is 0 Å². The Balaban J connectivity index is 2.46. The molecule has 0 aromatic carbocycles. The zero-order valence-electron chi connectivity index (χ0n) is 8.42. The maximum Gasteiger partial charge on any atom is 0.236 e. The summed E-state index contributed by atoms with van der Waals surface area (Å²) >= 11 is 3.33. The zero-order chi connectivity index (χ0) is 9.84. The molecule has 0 saturated carbocycles. The molecule has 0 spiro atoms. The molecular weight excluding hydrogens is 230 g/mol. The summed E-state index contributed by atoms with van der Waals surface area (Å²) in [5.41, 5.74) is 0. The van der Waals surface area contributed by atoms with Crippen LogP contribution in [0.25, 0.3) is 0 Å². The highest BCUT2D eigenvalue weighted by atomic mass is 79.9. The van der Waals surface area contributed by atoms with Crippen LogP contribution in [0.3, 0.4) is 0 Å². The molecule has 1 heterocycles. The number of halogens is 1. The lowest BCUT2D eigenvalue weighted by atomic mass is 9.95. The van der Waals surface area contributed by atoms with Crippen molar-refractivity contribution in [3.63, 3.8) is 0 Å². The molecule has 0 aromatic heterocycles. The first kappa shape index (κ1) is 11.0. The van der Waals surface area contributed by atoms with Gasteiger partial charge in [-0.2, -0.15) is 0 Å². The topological polar surface area (TPSA) is 20.3 Å². The number of hydrogen-bond donors (Lipinski definition) is 0. The third-order valence-corrected chi connectivity index (χ3v) is 3.14. The van der Waals surface area contributed by atoms with Crippen LogP contribution in [0.15, 0.2) is 0 Å². The molecule has 1 aliphatic heterocycles. The first-order valence-electron chi connectivity index (χ1n) is 5.08. The van der Waals surface area contributed by atoms with Crippen LogP contribution in [0.2, 0.25) is 0 Å². The smallest absolute Gasteiger partial charge is 0.236 e. The van der Waals surface area contributed by atoms with E-state index in [9.17, 15) is 4.79 Å². The lowest BCUT2D eigenvalue weighted by Crippen LogP contribution is -2.42. The van der Waals surface area contributed by atoms with E-state index in [-0.39, 0.29) is 10.7 Å². The molecule has 0 aliphatic carbocycles. The molecule has 1 saturated heterocycles. The van der Waals surface area contributed by atoms with Crippen molar-refractivity contribution in [2.45, 2.75) is 37.9 Å². The molecule has 0 bridgehead atoms. The summed E-state index contributed by atoms with van der Waals surface area (Å²) < 4.78 is 0. The van der Waals surface area contributed by atoms with Crippen LogP contribution in [-0.2, 0) is 4.79 Å². The van der Waals surface area contributed by atoms with E-state index in [4.69, 9.17) is 0 Å². The Morgan fingerprint density at radius 1 is 1.69 bits per heavy atom. The Bertz CT molecular complexity index is 182. The van der Waals surface area contributed by atoms with E-state index < -0.39 is 0 Å². The Kier molecular flexibility index (Phi) is 4.23. The van der Waals surface area contributed by atoms with Gasteiger partial charge in [0, 0.05) is 13.1 Å². The molecule has 0 aromatic rings. The minimum absolute atomic E-state index is 0.0249. The van der Waals surface area contributed by atoms with Gasteiger partial charge in [-0.15, -0.1) is 0 Å². The molecule has 2 atom stereocenters. The molecule has 1 fully saturated rings. The number of amides is 1. The van der Waals surface area contributed by atoms with Gasteiger partial charge in [-0.25, -0.2) is 0 Å². The third-order valence-electron chi connectivity index (χ3n) is 2.75. The number of rotatable bonds is 2. The van der Waals surface area contributed by atoms with Crippen LogP contribution in [0.4, 0.5) is 0 Å². The monoisotopic (exact) mass is 247 g/mol. The van der Waals surface area contributed by atoms with Crippen molar-refractivity contribution in [2.75, 3.05) is 13.1 Å². The molecule has 2 unspecified atom stereocenters. The molecule has 76 valence electrons. The number of alkyl halides is 1. The maximum atomic E-state index is 11.6. The Morgan fingerprint density at radius 3 is 2.92 bits per heavy atom. The fourth-order valence-corrected chi connectivity index (χ4v) is 2.14. The summed E-state index contributed by atoms with van der Waals surface area (Å²) in [6.07, 6.45) is 3.65. The van der Waals surface area contributed by atoms with Gasteiger partial charge in [0.2, 0.25) is 5.91 Å². The largest absolute Gasteiger partial charge is 0.341 e. The highest BCUT2D eigenvalue weighted by Crippen LogP contribution is 2.20. The highest BCUT2D eigenvalue weighted by Gasteiger charge is 2.24. The first-order chi connectivity index (χ1) is 6.15. The molecule has 1 amide bonds. The summed E-state index contributed by atoms with van der Waals surface area (Å²) in [7, 11) is 0. The van der Waals surface area contributed by atoms with Crippen molar-refractivity contribution >= 4 is 21.8 Å². The van der Waals surface area contributed by atoms with Gasteiger partial charge in [0.15, 0.2) is 0 Å². The van der Waals surface area contributed by atoms with Crippen molar-refractivity contribution in [3.05, 3.63) is 0 Å². The summed E-state index contributed by atoms with van der Waals surface area (Å²) in [5, 5.41) is 0. The number of hydrogen-bond acceptors (Lipinski definition) is 1. The quantitative estimate of drug-likeness (QED) is 0.687. The van der Waals surface area contributed by atoms with Crippen LogP contribution in [0, 0.1) is 5.92 Å². The maximum absolute atomic E-state index is 11.6. The summed E-state index contributed by atoms with van der Waals surface area (Å²) in [4.78, 5) is 13.6. The average molecular weight is 248 g/mol. The minimum atomic E-state index is -0.0249. The highest BCUT2D eigenvalue weighted by molar-refractivity contribution is 9.10.